The van der Waals surface area contributed by atoms with Gasteiger partial charge in [0.15, 0.2) is 0 Å². The Bertz CT molecular complexity index is 642. The van der Waals surface area contributed by atoms with Crippen LogP contribution in [0.3, 0.4) is 0 Å². The molecule has 3 rings (SSSR count). The highest BCUT2D eigenvalue weighted by Crippen LogP contribution is 2.28. The van der Waals surface area contributed by atoms with Crippen LogP contribution in [0.2, 0.25) is 0 Å². The van der Waals surface area contributed by atoms with Gasteiger partial charge in [-0.25, -0.2) is 9.40 Å². The lowest BCUT2D eigenvalue weighted by Gasteiger charge is -2.31. The number of hydrogen-bond donors (Lipinski definition) is 0. The van der Waals surface area contributed by atoms with Crippen LogP contribution in [0.4, 0.5) is 10.1 Å². The number of hydrazone groups is 1. The number of rotatable bonds is 1. The molecular formula is C15H16FN3O2. The second kappa shape index (κ2) is 5.27. The second-order valence-corrected chi connectivity index (χ2v) is 5.30. The molecule has 2 aliphatic rings. The number of carbonyl (C=O) groups is 2. The van der Waals surface area contributed by atoms with Crippen molar-refractivity contribution in [2.24, 2.45) is 5.10 Å². The molecule has 0 N–H and O–H groups in total. The molecule has 1 aromatic rings. The van der Waals surface area contributed by atoms with Crippen molar-refractivity contribution >= 4 is 23.2 Å². The topological polar surface area (TPSA) is 53.0 Å². The minimum Gasteiger partial charge on any atom is -0.307 e. The van der Waals surface area contributed by atoms with Crippen molar-refractivity contribution in [3.05, 3.63) is 29.6 Å². The highest BCUT2D eigenvalue weighted by molar-refractivity contribution is 6.44. The van der Waals surface area contributed by atoms with Crippen LogP contribution in [0.5, 0.6) is 0 Å². The van der Waals surface area contributed by atoms with Crippen LogP contribution in [0.15, 0.2) is 23.3 Å². The summed E-state index contributed by atoms with van der Waals surface area (Å²) in [5.41, 5.74) is 1.94. The number of benzene rings is 1. The van der Waals surface area contributed by atoms with Crippen molar-refractivity contribution < 1.29 is 14.0 Å². The van der Waals surface area contributed by atoms with Crippen molar-refractivity contribution in [3.63, 3.8) is 0 Å². The molecular weight excluding hydrogens is 273 g/mol. The van der Waals surface area contributed by atoms with Gasteiger partial charge in [0, 0.05) is 26.4 Å². The fraction of sp³-hybridized carbons (Fsp3) is 0.400. The van der Waals surface area contributed by atoms with Crippen molar-refractivity contribution in [1.29, 1.82) is 0 Å². The van der Waals surface area contributed by atoms with Crippen LogP contribution in [-0.4, -0.2) is 36.1 Å². The number of hydrogen-bond acceptors (Lipinski definition) is 3. The van der Waals surface area contributed by atoms with Crippen LogP contribution in [0, 0.1) is 5.82 Å². The zero-order valence-corrected chi connectivity index (χ0v) is 11.8. The van der Waals surface area contributed by atoms with Gasteiger partial charge in [-0.05, 0) is 30.5 Å². The number of carbonyl (C=O) groups excluding carboxylic acids is 2. The standard InChI is InChI=1S/C15H16FN3O2/c1-18-14(20)7-6-12(17-18)15(21)19-8-2-3-10-4-5-11(16)9-13(10)19/h4-5,9H,2-3,6-8H2,1H3. The normalized spacial score (nSPS) is 18.4. The van der Waals surface area contributed by atoms with Gasteiger partial charge in [0.25, 0.3) is 5.91 Å². The van der Waals surface area contributed by atoms with E-state index in [1.165, 1.54) is 17.1 Å². The molecule has 0 saturated heterocycles. The summed E-state index contributed by atoms with van der Waals surface area (Å²) in [6.07, 6.45) is 2.30. The molecule has 110 valence electrons. The van der Waals surface area contributed by atoms with Gasteiger partial charge in [-0.1, -0.05) is 6.07 Å². The van der Waals surface area contributed by atoms with Crippen molar-refractivity contribution in [1.82, 2.24) is 5.01 Å². The summed E-state index contributed by atoms with van der Waals surface area (Å²) in [5.74, 6) is -0.691. The molecule has 0 bridgehead atoms. The van der Waals surface area contributed by atoms with E-state index in [-0.39, 0.29) is 24.1 Å². The third kappa shape index (κ3) is 2.53. The highest BCUT2D eigenvalue weighted by Gasteiger charge is 2.29. The molecule has 0 atom stereocenters. The zero-order chi connectivity index (χ0) is 15.0. The SMILES string of the molecule is CN1N=C(C(=O)N2CCCc3ccc(F)cc32)CCC1=O. The Hall–Kier alpha value is -2.24. The molecule has 6 heteroatoms. The molecule has 5 nitrogen and oxygen atoms in total. The summed E-state index contributed by atoms with van der Waals surface area (Å²) in [4.78, 5) is 25.6. The quantitative estimate of drug-likeness (QED) is 0.790. The number of fused-ring (bicyclic) bond motifs is 1. The Morgan fingerprint density at radius 1 is 1.29 bits per heavy atom. The summed E-state index contributed by atoms with van der Waals surface area (Å²) in [7, 11) is 1.54. The smallest absolute Gasteiger partial charge is 0.274 e. The molecule has 2 heterocycles. The monoisotopic (exact) mass is 289 g/mol. The molecule has 0 unspecified atom stereocenters. The fourth-order valence-corrected chi connectivity index (χ4v) is 2.74. The third-order valence-electron chi connectivity index (χ3n) is 3.87. The minimum atomic E-state index is -0.355. The highest BCUT2D eigenvalue weighted by atomic mass is 19.1. The van der Waals surface area contributed by atoms with E-state index in [4.69, 9.17) is 0 Å². The van der Waals surface area contributed by atoms with Gasteiger partial charge < -0.3 is 4.90 Å². The summed E-state index contributed by atoms with van der Waals surface area (Å²) >= 11 is 0. The zero-order valence-electron chi connectivity index (χ0n) is 11.8. The third-order valence-corrected chi connectivity index (χ3v) is 3.87. The van der Waals surface area contributed by atoms with Crippen LogP contribution < -0.4 is 4.90 Å². The second-order valence-electron chi connectivity index (χ2n) is 5.30. The Morgan fingerprint density at radius 3 is 2.86 bits per heavy atom. The predicted octanol–water partition coefficient (Wildman–Crippen LogP) is 1.71. The van der Waals surface area contributed by atoms with E-state index in [1.807, 2.05) is 0 Å². The first-order valence-corrected chi connectivity index (χ1v) is 7.00. The summed E-state index contributed by atoms with van der Waals surface area (Å²) in [6, 6.07) is 4.53. The van der Waals surface area contributed by atoms with E-state index in [9.17, 15) is 14.0 Å². The lowest BCUT2D eigenvalue weighted by Crippen LogP contribution is -2.43. The average molecular weight is 289 g/mol. The van der Waals surface area contributed by atoms with Gasteiger partial charge in [-0.3, -0.25) is 9.59 Å². The maximum absolute atomic E-state index is 13.5. The van der Waals surface area contributed by atoms with Gasteiger partial charge in [0.05, 0.1) is 5.69 Å². The molecule has 0 radical (unpaired) electrons. The maximum Gasteiger partial charge on any atom is 0.274 e. The molecule has 0 saturated carbocycles. The van der Waals surface area contributed by atoms with Crippen LogP contribution in [-0.2, 0) is 16.0 Å². The van der Waals surface area contributed by atoms with E-state index in [2.05, 4.69) is 5.10 Å². The number of amides is 2. The number of nitrogens with zero attached hydrogens (tertiary/aromatic N) is 3. The Labute approximate surface area is 122 Å². The lowest BCUT2D eigenvalue weighted by atomic mass is 10.0. The van der Waals surface area contributed by atoms with E-state index < -0.39 is 0 Å². The van der Waals surface area contributed by atoms with Gasteiger partial charge in [-0.2, -0.15) is 5.10 Å². The van der Waals surface area contributed by atoms with E-state index in [1.54, 1.807) is 18.0 Å². The number of anilines is 1. The predicted molar refractivity (Wildman–Crippen MR) is 76.5 cm³/mol. The van der Waals surface area contributed by atoms with Gasteiger partial charge in [0.1, 0.15) is 11.5 Å². The largest absolute Gasteiger partial charge is 0.307 e. The number of aryl methyl sites for hydroxylation is 1. The molecule has 21 heavy (non-hydrogen) atoms. The van der Waals surface area contributed by atoms with Crippen molar-refractivity contribution in [3.8, 4) is 0 Å². The summed E-state index contributed by atoms with van der Waals surface area (Å²) in [6.45, 7) is 0.548. The Balaban J connectivity index is 1.92. The van der Waals surface area contributed by atoms with Gasteiger partial charge in [-0.15, -0.1) is 0 Å². The van der Waals surface area contributed by atoms with Gasteiger partial charge >= 0.3 is 0 Å². The molecule has 0 aliphatic carbocycles. The molecule has 0 spiro atoms. The summed E-state index contributed by atoms with van der Waals surface area (Å²) in [5, 5.41) is 5.25. The van der Waals surface area contributed by atoms with Crippen molar-refractivity contribution in [2.75, 3.05) is 18.5 Å². The molecule has 1 aromatic carbocycles. The van der Waals surface area contributed by atoms with E-state index in [0.717, 1.165) is 18.4 Å². The van der Waals surface area contributed by atoms with Crippen LogP contribution >= 0.6 is 0 Å². The van der Waals surface area contributed by atoms with Crippen molar-refractivity contribution in [2.45, 2.75) is 25.7 Å². The average Bonchev–Trinajstić information content (AvgIpc) is 2.48. The first-order chi connectivity index (χ1) is 10.1. The Kier molecular flexibility index (Phi) is 3.45. The molecule has 0 fully saturated rings. The molecule has 2 amide bonds. The first-order valence-electron chi connectivity index (χ1n) is 7.00. The number of halogens is 1. The maximum atomic E-state index is 13.5. The Morgan fingerprint density at radius 2 is 2.10 bits per heavy atom. The minimum absolute atomic E-state index is 0.100. The van der Waals surface area contributed by atoms with Crippen LogP contribution in [0.1, 0.15) is 24.8 Å². The van der Waals surface area contributed by atoms with Crippen LogP contribution in [0.25, 0.3) is 0 Å². The first kappa shape index (κ1) is 13.7. The van der Waals surface area contributed by atoms with E-state index in [0.29, 0.717) is 24.4 Å². The lowest BCUT2D eigenvalue weighted by molar-refractivity contribution is -0.130. The molecule has 2 aliphatic heterocycles. The summed E-state index contributed by atoms with van der Waals surface area (Å²) < 4.78 is 13.5. The van der Waals surface area contributed by atoms with E-state index >= 15 is 0 Å². The molecule has 0 aromatic heterocycles. The van der Waals surface area contributed by atoms with Gasteiger partial charge in [0.2, 0.25) is 5.91 Å². The fourth-order valence-electron chi connectivity index (χ4n) is 2.74.